The Morgan fingerprint density at radius 1 is 1.37 bits per heavy atom. The number of rotatable bonds is 4. The highest BCUT2D eigenvalue weighted by Crippen LogP contribution is 2.39. The summed E-state index contributed by atoms with van der Waals surface area (Å²) in [6.07, 6.45) is 0.195. The zero-order valence-corrected chi connectivity index (χ0v) is 14.0. The van der Waals surface area contributed by atoms with Gasteiger partial charge >= 0.3 is 0 Å². The van der Waals surface area contributed by atoms with Crippen molar-refractivity contribution in [2.75, 3.05) is 0 Å². The highest BCUT2D eigenvalue weighted by Gasteiger charge is 2.39. The Kier molecular flexibility index (Phi) is 4.69. The average Bonchev–Trinajstić information content (AvgIpc) is 2.19. The van der Waals surface area contributed by atoms with Crippen LogP contribution in [0.5, 0.6) is 5.75 Å². The van der Waals surface area contributed by atoms with Gasteiger partial charge in [-0.2, -0.15) is 0 Å². The summed E-state index contributed by atoms with van der Waals surface area (Å²) in [7, 11) is -1.90. The van der Waals surface area contributed by atoms with Crippen molar-refractivity contribution in [2.24, 2.45) is 5.73 Å². The van der Waals surface area contributed by atoms with E-state index in [0.29, 0.717) is 10.8 Å². The van der Waals surface area contributed by atoms with Crippen LogP contribution in [0.25, 0.3) is 0 Å². The molecule has 0 aromatic heterocycles. The molecule has 0 aliphatic carbocycles. The number of benzene rings is 1. The lowest BCUT2D eigenvalue weighted by Crippen LogP contribution is -2.43. The van der Waals surface area contributed by atoms with E-state index in [1.807, 2.05) is 12.1 Å². The van der Waals surface area contributed by atoms with Crippen LogP contribution in [0.3, 0.4) is 0 Å². The van der Waals surface area contributed by atoms with Crippen LogP contribution in [0, 0.1) is 0 Å². The molecule has 0 atom stereocenters. The van der Waals surface area contributed by atoms with Gasteiger partial charge in [-0.25, -0.2) is 0 Å². The first-order valence-corrected chi connectivity index (χ1v) is 9.57. The second kappa shape index (κ2) is 5.55. The molecule has 3 nitrogen and oxygen atoms in total. The number of nitrogens with two attached hydrogens (primary N) is 1. The van der Waals surface area contributed by atoms with Crippen LogP contribution >= 0.6 is 11.6 Å². The SMILES string of the molecule is CC(C)(C)[Si](C)(C)Oc1ccc(CC(N)=O)cc1Cl. The third-order valence-corrected chi connectivity index (χ3v) is 8.18. The molecular weight excluding hydrogens is 278 g/mol. The van der Waals surface area contributed by atoms with Gasteiger partial charge < -0.3 is 10.2 Å². The summed E-state index contributed by atoms with van der Waals surface area (Å²) >= 11 is 6.21. The van der Waals surface area contributed by atoms with Gasteiger partial charge in [0.15, 0.2) is 0 Å². The molecule has 19 heavy (non-hydrogen) atoms. The molecule has 0 unspecified atom stereocenters. The molecular formula is C14H22ClNO2Si. The van der Waals surface area contributed by atoms with E-state index in [4.69, 9.17) is 21.8 Å². The topological polar surface area (TPSA) is 52.3 Å². The van der Waals surface area contributed by atoms with Crippen LogP contribution < -0.4 is 10.2 Å². The monoisotopic (exact) mass is 299 g/mol. The van der Waals surface area contributed by atoms with E-state index in [1.165, 1.54) is 0 Å². The summed E-state index contributed by atoms with van der Waals surface area (Å²) in [5.41, 5.74) is 5.97. The second-order valence-electron chi connectivity index (χ2n) is 6.27. The molecule has 0 saturated carbocycles. The van der Waals surface area contributed by atoms with Crippen LogP contribution in [0.2, 0.25) is 23.2 Å². The Balaban J connectivity index is 2.95. The smallest absolute Gasteiger partial charge is 0.250 e. The van der Waals surface area contributed by atoms with Gasteiger partial charge in [-0.05, 0) is 35.8 Å². The van der Waals surface area contributed by atoms with Gasteiger partial charge in [0.1, 0.15) is 5.75 Å². The lowest BCUT2D eigenvalue weighted by atomic mass is 10.1. The van der Waals surface area contributed by atoms with Gasteiger partial charge in [0, 0.05) is 0 Å². The maximum atomic E-state index is 10.9. The summed E-state index contributed by atoms with van der Waals surface area (Å²) in [4.78, 5) is 10.9. The molecule has 5 heteroatoms. The van der Waals surface area contributed by atoms with E-state index in [0.717, 1.165) is 5.56 Å². The minimum atomic E-state index is -1.90. The molecule has 1 aromatic rings. The fourth-order valence-electron chi connectivity index (χ4n) is 1.37. The van der Waals surface area contributed by atoms with Gasteiger partial charge in [-0.3, -0.25) is 4.79 Å². The molecule has 0 radical (unpaired) electrons. The number of primary amides is 1. The Morgan fingerprint density at radius 2 is 1.95 bits per heavy atom. The summed E-state index contributed by atoms with van der Waals surface area (Å²) in [5.74, 6) is 0.315. The van der Waals surface area contributed by atoms with Crippen molar-refractivity contribution in [1.82, 2.24) is 0 Å². The van der Waals surface area contributed by atoms with E-state index < -0.39 is 8.32 Å². The van der Waals surface area contributed by atoms with Crippen molar-refractivity contribution >= 4 is 25.8 Å². The molecule has 1 amide bonds. The van der Waals surface area contributed by atoms with E-state index in [9.17, 15) is 4.79 Å². The first-order valence-electron chi connectivity index (χ1n) is 6.29. The fraction of sp³-hybridized carbons (Fsp3) is 0.500. The minimum Gasteiger partial charge on any atom is -0.543 e. The second-order valence-corrected chi connectivity index (χ2v) is 11.4. The highest BCUT2D eigenvalue weighted by atomic mass is 35.5. The molecule has 0 fully saturated rings. The Bertz CT molecular complexity index is 481. The third kappa shape index (κ3) is 4.25. The fourth-order valence-corrected chi connectivity index (χ4v) is 2.71. The van der Waals surface area contributed by atoms with Crippen LogP contribution in [0.1, 0.15) is 26.3 Å². The maximum Gasteiger partial charge on any atom is 0.250 e. The number of hydrogen-bond donors (Lipinski definition) is 1. The van der Waals surface area contributed by atoms with Crippen molar-refractivity contribution in [2.45, 2.75) is 45.3 Å². The molecule has 0 aliphatic heterocycles. The molecule has 0 bridgehead atoms. The van der Waals surface area contributed by atoms with Crippen LogP contribution in [0.4, 0.5) is 0 Å². The number of hydrogen-bond acceptors (Lipinski definition) is 2. The van der Waals surface area contributed by atoms with Gasteiger partial charge in [-0.15, -0.1) is 0 Å². The van der Waals surface area contributed by atoms with Crippen molar-refractivity contribution in [3.8, 4) is 5.75 Å². The van der Waals surface area contributed by atoms with Gasteiger partial charge in [0.05, 0.1) is 11.4 Å². The predicted octanol–water partition coefficient (Wildman–Crippen LogP) is 3.75. The molecule has 2 N–H and O–H groups in total. The molecule has 1 rings (SSSR count). The Labute approximate surface area is 121 Å². The third-order valence-electron chi connectivity index (χ3n) is 3.55. The quantitative estimate of drug-likeness (QED) is 0.861. The van der Waals surface area contributed by atoms with Crippen molar-refractivity contribution in [3.05, 3.63) is 28.8 Å². The van der Waals surface area contributed by atoms with Gasteiger partial charge in [0.2, 0.25) is 5.91 Å². The van der Waals surface area contributed by atoms with E-state index >= 15 is 0 Å². The average molecular weight is 300 g/mol. The number of carbonyl (C=O) groups excluding carboxylic acids is 1. The zero-order valence-electron chi connectivity index (χ0n) is 12.2. The Morgan fingerprint density at radius 3 is 2.37 bits per heavy atom. The van der Waals surface area contributed by atoms with Crippen LogP contribution in [-0.2, 0) is 11.2 Å². The molecule has 0 aliphatic rings. The van der Waals surface area contributed by atoms with Crippen molar-refractivity contribution in [3.63, 3.8) is 0 Å². The number of amides is 1. The first kappa shape index (κ1) is 16.1. The van der Waals surface area contributed by atoms with Gasteiger partial charge in [0.25, 0.3) is 8.32 Å². The van der Waals surface area contributed by atoms with E-state index in [2.05, 4.69) is 33.9 Å². The maximum absolute atomic E-state index is 10.9. The molecule has 0 heterocycles. The number of carbonyl (C=O) groups is 1. The highest BCUT2D eigenvalue weighted by molar-refractivity contribution is 6.74. The molecule has 0 spiro atoms. The summed E-state index contributed by atoms with van der Waals surface area (Å²) < 4.78 is 6.15. The first-order chi connectivity index (χ1) is 8.53. The summed E-state index contributed by atoms with van der Waals surface area (Å²) in [6, 6.07) is 5.40. The number of halogens is 1. The van der Waals surface area contributed by atoms with E-state index in [1.54, 1.807) is 6.07 Å². The largest absolute Gasteiger partial charge is 0.543 e. The van der Waals surface area contributed by atoms with Crippen molar-refractivity contribution in [1.29, 1.82) is 0 Å². The molecule has 106 valence electrons. The van der Waals surface area contributed by atoms with Gasteiger partial charge in [-0.1, -0.05) is 38.4 Å². The lowest BCUT2D eigenvalue weighted by Gasteiger charge is -2.36. The predicted molar refractivity (Wildman–Crippen MR) is 82.2 cm³/mol. The normalized spacial score (nSPS) is 12.3. The standard InChI is InChI=1S/C14H22ClNO2Si/c1-14(2,3)19(4,5)18-12-7-6-10(8-11(12)15)9-13(16)17/h6-8H,9H2,1-5H3,(H2,16,17). The van der Waals surface area contributed by atoms with Crippen LogP contribution in [0.15, 0.2) is 18.2 Å². The zero-order chi connectivity index (χ0) is 14.8. The molecule has 0 saturated heterocycles. The summed E-state index contributed by atoms with van der Waals surface area (Å²) in [5, 5.41) is 0.644. The van der Waals surface area contributed by atoms with E-state index in [-0.39, 0.29) is 17.4 Å². The minimum absolute atomic E-state index is 0.113. The lowest BCUT2D eigenvalue weighted by molar-refractivity contribution is -0.117. The molecule has 1 aromatic carbocycles. The summed E-state index contributed by atoms with van der Waals surface area (Å²) in [6.45, 7) is 10.9. The van der Waals surface area contributed by atoms with Crippen LogP contribution in [-0.4, -0.2) is 14.2 Å². The van der Waals surface area contributed by atoms with Crippen molar-refractivity contribution < 1.29 is 9.22 Å². The Hall–Kier alpha value is -1.00.